The van der Waals surface area contributed by atoms with Crippen LogP contribution >= 0.6 is 0 Å². The van der Waals surface area contributed by atoms with Gasteiger partial charge in [0, 0.05) is 53.9 Å². The Balaban J connectivity index is 1.62. The largest absolute Gasteiger partial charge is 0.461 e. The molecule has 0 bridgehead atoms. The quantitative estimate of drug-likeness (QED) is 0.647. The number of carbonyl (C=O) groups is 1. The maximum absolute atomic E-state index is 12.6. The summed E-state index contributed by atoms with van der Waals surface area (Å²) in [5, 5.41) is 4.94. The summed E-state index contributed by atoms with van der Waals surface area (Å²) >= 11 is 0. The Morgan fingerprint density at radius 2 is 1.86 bits per heavy atom. The third-order valence-corrected chi connectivity index (χ3v) is 5.85. The molecule has 1 aliphatic rings. The van der Waals surface area contributed by atoms with E-state index in [0.717, 1.165) is 53.5 Å². The second-order valence-corrected chi connectivity index (χ2v) is 8.20. The molecular formula is C23H28N2O4. The Bertz CT molecular complexity index is 1120. The Morgan fingerprint density at radius 3 is 2.66 bits per heavy atom. The van der Waals surface area contributed by atoms with Crippen LogP contribution < -0.4 is 10.9 Å². The molecule has 4 rings (SSSR count). The van der Waals surface area contributed by atoms with E-state index < -0.39 is 0 Å². The number of hydrogen-bond donors (Lipinski definition) is 1. The van der Waals surface area contributed by atoms with Crippen molar-refractivity contribution >= 4 is 27.8 Å². The zero-order valence-corrected chi connectivity index (χ0v) is 17.4. The first-order chi connectivity index (χ1) is 13.9. The van der Waals surface area contributed by atoms with Gasteiger partial charge in [-0.2, -0.15) is 0 Å². The van der Waals surface area contributed by atoms with Crippen LogP contribution in [0.4, 0.5) is 0 Å². The molecule has 2 heterocycles. The highest BCUT2D eigenvalue weighted by atomic mass is 16.4. The van der Waals surface area contributed by atoms with Crippen molar-refractivity contribution in [2.45, 2.75) is 45.4 Å². The molecule has 29 heavy (non-hydrogen) atoms. The van der Waals surface area contributed by atoms with Crippen molar-refractivity contribution in [1.29, 1.82) is 0 Å². The van der Waals surface area contributed by atoms with Crippen LogP contribution in [0.25, 0.3) is 21.9 Å². The van der Waals surface area contributed by atoms with Crippen LogP contribution in [-0.4, -0.2) is 38.0 Å². The molecule has 0 atom stereocenters. The van der Waals surface area contributed by atoms with Gasteiger partial charge < -0.3 is 19.1 Å². The molecular weight excluding hydrogens is 368 g/mol. The van der Waals surface area contributed by atoms with Crippen molar-refractivity contribution in [1.82, 2.24) is 10.2 Å². The minimum absolute atomic E-state index is 0.0508. The SMILES string of the molecule is Cc1c(CCC(=O)NCCN(C)C)c(=O)oc2cc3oc4c(c3cc12)CCCC4. The highest BCUT2D eigenvalue weighted by Crippen LogP contribution is 2.35. The third kappa shape index (κ3) is 3.94. The van der Waals surface area contributed by atoms with Gasteiger partial charge in [0.2, 0.25) is 5.91 Å². The van der Waals surface area contributed by atoms with Gasteiger partial charge in [-0.1, -0.05) is 0 Å². The second-order valence-electron chi connectivity index (χ2n) is 8.20. The van der Waals surface area contributed by atoms with Gasteiger partial charge in [0.05, 0.1) is 0 Å². The smallest absolute Gasteiger partial charge is 0.339 e. The number of amides is 1. The molecule has 6 nitrogen and oxygen atoms in total. The molecule has 1 N–H and O–H groups in total. The molecule has 2 aromatic heterocycles. The zero-order chi connectivity index (χ0) is 20.5. The van der Waals surface area contributed by atoms with Crippen molar-refractivity contribution in [3.05, 3.63) is 45.0 Å². The minimum Gasteiger partial charge on any atom is -0.461 e. The Morgan fingerprint density at radius 1 is 1.10 bits per heavy atom. The number of likely N-dealkylation sites (N-methyl/N-ethyl adjacent to an activating group) is 1. The molecule has 0 saturated heterocycles. The second kappa shape index (κ2) is 8.03. The van der Waals surface area contributed by atoms with Crippen molar-refractivity contribution in [2.75, 3.05) is 27.2 Å². The molecule has 154 valence electrons. The average molecular weight is 396 g/mol. The highest BCUT2D eigenvalue weighted by molar-refractivity contribution is 5.97. The maximum Gasteiger partial charge on any atom is 0.339 e. The van der Waals surface area contributed by atoms with Crippen LogP contribution in [0.2, 0.25) is 0 Å². The number of rotatable bonds is 6. The van der Waals surface area contributed by atoms with Gasteiger partial charge in [0.15, 0.2) is 0 Å². The summed E-state index contributed by atoms with van der Waals surface area (Å²) in [4.78, 5) is 26.7. The normalized spacial score (nSPS) is 13.9. The molecule has 0 fully saturated rings. The van der Waals surface area contributed by atoms with Crippen LogP contribution in [0.5, 0.6) is 0 Å². The van der Waals surface area contributed by atoms with E-state index in [2.05, 4.69) is 11.4 Å². The lowest BCUT2D eigenvalue weighted by Gasteiger charge is -2.11. The molecule has 0 aliphatic heterocycles. The van der Waals surface area contributed by atoms with Crippen LogP contribution in [0, 0.1) is 6.92 Å². The molecule has 1 aliphatic carbocycles. The first kappa shape index (κ1) is 19.7. The van der Waals surface area contributed by atoms with Crippen LogP contribution in [0.15, 0.2) is 25.8 Å². The van der Waals surface area contributed by atoms with E-state index >= 15 is 0 Å². The van der Waals surface area contributed by atoms with Crippen molar-refractivity contribution < 1.29 is 13.6 Å². The van der Waals surface area contributed by atoms with Gasteiger partial charge in [-0.25, -0.2) is 4.79 Å². The van der Waals surface area contributed by atoms with Crippen molar-refractivity contribution in [2.24, 2.45) is 0 Å². The van der Waals surface area contributed by atoms with Crippen molar-refractivity contribution in [3.8, 4) is 0 Å². The van der Waals surface area contributed by atoms with E-state index in [1.54, 1.807) is 0 Å². The van der Waals surface area contributed by atoms with E-state index in [1.165, 1.54) is 12.0 Å². The van der Waals surface area contributed by atoms with Gasteiger partial charge in [-0.3, -0.25) is 4.79 Å². The molecule has 3 aromatic rings. The minimum atomic E-state index is -0.369. The average Bonchev–Trinajstić information content (AvgIpc) is 3.03. The summed E-state index contributed by atoms with van der Waals surface area (Å²) in [7, 11) is 3.92. The highest BCUT2D eigenvalue weighted by Gasteiger charge is 2.20. The molecule has 1 aromatic carbocycles. The Hall–Kier alpha value is -2.60. The third-order valence-electron chi connectivity index (χ3n) is 5.85. The van der Waals surface area contributed by atoms with Gasteiger partial charge in [0.1, 0.15) is 16.9 Å². The number of fused-ring (bicyclic) bond motifs is 4. The van der Waals surface area contributed by atoms with E-state index in [0.29, 0.717) is 24.1 Å². The fourth-order valence-corrected chi connectivity index (χ4v) is 4.18. The van der Waals surface area contributed by atoms with Crippen molar-refractivity contribution in [3.63, 3.8) is 0 Å². The molecule has 6 heteroatoms. The monoisotopic (exact) mass is 396 g/mol. The number of nitrogens with zero attached hydrogens (tertiary/aromatic N) is 1. The van der Waals surface area contributed by atoms with E-state index in [9.17, 15) is 9.59 Å². The topological polar surface area (TPSA) is 75.7 Å². The standard InChI is InChI=1S/C23H28N2O4/c1-14-15(8-9-22(26)24-10-11-25(2)3)23(27)29-20-13-21-18(12-17(14)20)16-6-4-5-7-19(16)28-21/h12-13H,4-11H2,1-3H3,(H,24,26). The van der Waals surface area contributed by atoms with Crippen LogP contribution in [-0.2, 0) is 24.1 Å². The number of benzene rings is 1. The Kier molecular flexibility index (Phi) is 5.46. The molecule has 0 unspecified atom stereocenters. The number of furan rings is 1. The Labute approximate surface area is 169 Å². The lowest BCUT2D eigenvalue weighted by Crippen LogP contribution is -2.31. The number of carbonyl (C=O) groups excluding carboxylic acids is 1. The lowest BCUT2D eigenvalue weighted by molar-refractivity contribution is -0.121. The fraction of sp³-hybridized carbons (Fsp3) is 0.478. The van der Waals surface area contributed by atoms with E-state index in [1.807, 2.05) is 32.0 Å². The van der Waals surface area contributed by atoms with Crippen LogP contribution in [0.3, 0.4) is 0 Å². The van der Waals surface area contributed by atoms with Gasteiger partial charge >= 0.3 is 5.63 Å². The molecule has 0 spiro atoms. The summed E-state index contributed by atoms with van der Waals surface area (Å²) in [6.45, 7) is 3.32. The first-order valence-electron chi connectivity index (χ1n) is 10.4. The molecule has 0 radical (unpaired) electrons. The van der Waals surface area contributed by atoms with Gasteiger partial charge in [-0.05, 0) is 58.3 Å². The zero-order valence-electron chi connectivity index (χ0n) is 17.4. The fourth-order valence-electron chi connectivity index (χ4n) is 4.18. The predicted octanol–water partition coefficient (Wildman–Crippen LogP) is 3.34. The summed E-state index contributed by atoms with van der Waals surface area (Å²) in [6, 6.07) is 3.94. The summed E-state index contributed by atoms with van der Waals surface area (Å²) < 4.78 is 11.6. The number of nitrogens with one attached hydrogen (secondary N) is 1. The van der Waals surface area contributed by atoms with Crippen LogP contribution in [0.1, 0.15) is 41.7 Å². The van der Waals surface area contributed by atoms with Gasteiger partial charge in [0.25, 0.3) is 0 Å². The first-order valence-corrected chi connectivity index (χ1v) is 10.4. The molecule has 0 saturated carbocycles. The lowest BCUT2D eigenvalue weighted by atomic mass is 9.94. The predicted molar refractivity (Wildman–Crippen MR) is 114 cm³/mol. The summed E-state index contributed by atoms with van der Waals surface area (Å²) in [5.74, 6) is 1.02. The number of hydrogen-bond acceptors (Lipinski definition) is 5. The van der Waals surface area contributed by atoms with E-state index in [-0.39, 0.29) is 18.0 Å². The van der Waals surface area contributed by atoms with Gasteiger partial charge in [-0.15, -0.1) is 0 Å². The number of aryl methyl sites for hydroxylation is 3. The summed E-state index contributed by atoms with van der Waals surface area (Å²) in [6.07, 6.45) is 4.98. The summed E-state index contributed by atoms with van der Waals surface area (Å²) in [5.41, 5.74) is 3.74. The van der Waals surface area contributed by atoms with E-state index in [4.69, 9.17) is 8.83 Å². The maximum atomic E-state index is 12.6. The molecule has 1 amide bonds.